The Bertz CT molecular complexity index is 694. The number of hydrogen-bond donors (Lipinski definition) is 1. The summed E-state index contributed by atoms with van der Waals surface area (Å²) in [6.07, 6.45) is 1.58. The number of anilines is 1. The van der Waals surface area contributed by atoms with Gasteiger partial charge in [0.15, 0.2) is 0 Å². The number of benzene rings is 1. The van der Waals surface area contributed by atoms with Crippen molar-refractivity contribution in [3.63, 3.8) is 0 Å². The molecule has 2 heterocycles. The van der Waals surface area contributed by atoms with Gasteiger partial charge >= 0.3 is 0 Å². The zero-order valence-corrected chi connectivity index (χ0v) is 13.1. The topological polar surface area (TPSA) is 55.6 Å². The average Bonchev–Trinajstić information content (AvgIpc) is 3.09. The summed E-state index contributed by atoms with van der Waals surface area (Å²) in [7, 11) is 0. The Hall–Kier alpha value is -1.73. The zero-order valence-electron chi connectivity index (χ0n) is 10.7. The van der Waals surface area contributed by atoms with Crippen LogP contribution >= 0.6 is 27.3 Å². The maximum Gasteiger partial charge on any atom is 0.143 e. The van der Waals surface area contributed by atoms with Crippen LogP contribution in [0, 0.1) is 0 Å². The molecule has 1 unspecified atom stereocenters. The largest absolute Gasteiger partial charge is 0.378 e. The van der Waals surface area contributed by atoms with Crippen molar-refractivity contribution in [2.45, 2.75) is 13.0 Å². The molecule has 1 aromatic carbocycles. The van der Waals surface area contributed by atoms with Crippen molar-refractivity contribution >= 4 is 33.0 Å². The van der Waals surface area contributed by atoms with Gasteiger partial charge in [0.05, 0.1) is 11.7 Å². The fourth-order valence-electron chi connectivity index (χ4n) is 1.95. The maximum absolute atomic E-state index is 3.89. The first-order valence-electron chi connectivity index (χ1n) is 6.07. The highest BCUT2D eigenvalue weighted by molar-refractivity contribution is 9.10. The van der Waals surface area contributed by atoms with E-state index in [4.69, 9.17) is 0 Å². The summed E-state index contributed by atoms with van der Waals surface area (Å²) >= 11 is 5.30. The zero-order chi connectivity index (χ0) is 13.9. The van der Waals surface area contributed by atoms with Gasteiger partial charge in [0.1, 0.15) is 6.33 Å². The summed E-state index contributed by atoms with van der Waals surface area (Å²) in [4.78, 5) is 1.28. The molecule has 1 atom stereocenters. The predicted molar refractivity (Wildman–Crippen MR) is 83.2 cm³/mol. The minimum absolute atomic E-state index is 0.230. The summed E-state index contributed by atoms with van der Waals surface area (Å²) in [5.74, 6) is 0. The highest BCUT2D eigenvalue weighted by Crippen LogP contribution is 2.31. The van der Waals surface area contributed by atoms with E-state index >= 15 is 0 Å². The van der Waals surface area contributed by atoms with E-state index in [0.717, 1.165) is 15.8 Å². The lowest BCUT2D eigenvalue weighted by molar-refractivity contribution is 0.788. The highest BCUT2D eigenvalue weighted by atomic mass is 79.9. The van der Waals surface area contributed by atoms with Gasteiger partial charge < -0.3 is 5.32 Å². The second-order valence-electron chi connectivity index (χ2n) is 4.30. The molecule has 5 nitrogen and oxygen atoms in total. The third-order valence-electron chi connectivity index (χ3n) is 2.88. The Balaban J connectivity index is 1.81. The molecule has 7 heteroatoms. The molecule has 0 fully saturated rings. The van der Waals surface area contributed by atoms with E-state index in [1.165, 1.54) is 4.88 Å². The molecule has 0 amide bonds. The van der Waals surface area contributed by atoms with Crippen LogP contribution in [-0.2, 0) is 0 Å². The van der Waals surface area contributed by atoms with Gasteiger partial charge in [-0.1, -0.05) is 6.07 Å². The van der Waals surface area contributed by atoms with Crippen LogP contribution in [0.4, 0.5) is 5.69 Å². The van der Waals surface area contributed by atoms with Crippen LogP contribution in [0.3, 0.4) is 0 Å². The van der Waals surface area contributed by atoms with Crippen molar-refractivity contribution < 1.29 is 0 Å². The molecule has 0 bridgehead atoms. The molecular formula is C13H12BrN5S. The van der Waals surface area contributed by atoms with Gasteiger partial charge in [-0.05, 0) is 62.9 Å². The third-order valence-corrected chi connectivity index (χ3v) is 4.93. The van der Waals surface area contributed by atoms with Crippen molar-refractivity contribution in [2.24, 2.45) is 0 Å². The van der Waals surface area contributed by atoms with E-state index in [-0.39, 0.29) is 6.04 Å². The van der Waals surface area contributed by atoms with E-state index < -0.39 is 0 Å². The summed E-state index contributed by atoms with van der Waals surface area (Å²) in [5.41, 5.74) is 1.96. The molecule has 20 heavy (non-hydrogen) atoms. The van der Waals surface area contributed by atoms with Gasteiger partial charge in [0, 0.05) is 15.0 Å². The lowest BCUT2D eigenvalue weighted by Crippen LogP contribution is -2.06. The lowest BCUT2D eigenvalue weighted by Gasteiger charge is -2.15. The maximum atomic E-state index is 3.89. The Labute approximate surface area is 128 Å². The molecule has 0 radical (unpaired) electrons. The summed E-state index contributed by atoms with van der Waals surface area (Å²) in [6.45, 7) is 2.14. The van der Waals surface area contributed by atoms with Crippen molar-refractivity contribution in [3.05, 3.63) is 51.4 Å². The molecular weight excluding hydrogens is 338 g/mol. The van der Waals surface area contributed by atoms with Crippen molar-refractivity contribution in [2.75, 3.05) is 5.32 Å². The number of halogens is 1. The van der Waals surface area contributed by atoms with Crippen LogP contribution in [0.1, 0.15) is 17.8 Å². The first kappa shape index (κ1) is 13.3. The van der Waals surface area contributed by atoms with E-state index in [2.05, 4.69) is 55.1 Å². The molecule has 0 saturated heterocycles. The SMILES string of the molecule is CC(Nc1cccc(-n2cnnn2)c1)c1sccc1Br. The van der Waals surface area contributed by atoms with Crippen LogP contribution in [0.25, 0.3) is 5.69 Å². The van der Waals surface area contributed by atoms with Crippen molar-refractivity contribution in [3.8, 4) is 5.69 Å². The Kier molecular flexibility index (Phi) is 3.79. The molecule has 0 saturated carbocycles. The minimum Gasteiger partial charge on any atom is -0.378 e. The Morgan fingerprint density at radius 1 is 1.35 bits per heavy atom. The standard InChI is InChI=1S/C13H12BrN5S/c1-9(13-12(14)5-6-20-13)16-10-3-2-4-11(7-10)19-8-15-17-18-19/h2-9,16H,1H3. The van der Waals surface area contributed by atoms with Gasteiger partial charge in [-0.2, -0.15) is 0 Å². The van der Waals surface area contributed by atoms with Gasteiger partial charge in [0.25, 0.3) is 0 Å². The second kappa shape index (κ2) is 5.72. The number of tetrazole rings is 1. The van der Waals surface area contributed by atoms with Gasteiger partial charge in [-0.25, -0.2) is 4.68 Å². The van der Waals surface area contributed by atoms with Gasteiger partial charge in [-0.15, -0.1) is 16.4 Å². The Morgan fingerprint density at radius 3 is 2.95 bits per heavy atom. The highest BCUT2D eigenvalue weighted by Gasteiger charge is 2.11. The van der Waals surface area contributed by atoms with Crippen molar-refractivity contribution in [1.82, 2.24) is 20.2 Å². The van der Waals surface area contributed by atoms with E-state index in [1.807, 2.05) is 24.3 Å². The smallest absolute Gasteiger partial charge is 0.143 e. The third kappa shape index (κ3) is 2.73. The second-order valence-corrected chi connectivity index (χ2v) is 6.11. The molecule has 3 aromatic rings. The number of nitrogens with zero attached hydrogens (tertiary/aromatic N) is 4. The fourth-order valence-corrected chi connectivity index (χ4v) is 3.67. The van der Waals surface area contributed by atoms with Gasteiger partial charge in [-0.3, -0.25) is 0 Å². The number of nitrogens with one attached hydrogen (secondary N) is 1. The predicted octanol–water partition coefficient (Wildman–Crippen LogP) is 3.66. The quantitative estimate of drug-likeness (QED) is 0.780. The summed E-state index contributed by atoms with van der Waals surface area (Å²) in [6, 6.07) is 10.3. The average molecular weight is 350 g/mol. The molecule has 0 aliphatic heterocycles. The number of hydrogen-bond acceptors (Lipinski definition) is 5. The van der Waals surface area contributed by atoms with Crippen LogP contribution in [0.15, 0.2) is 46.5 Å². The minimum atomic E-state index is 0.230. The molecule has 2 aromatic heterocycles. The first-order chi connectivity index (χ1) is 9.74. The molecule has 3 rings (SSSR count). The normalized spacial score (nSPS) is 12.3. The summed E-state index contributed by atoms with van der Waals surface area (Å²) < 4.78 is 2.77. The van der Waals surface area contributed by atoms with Crippen LogP contribution in [-0.4, -0.2) is 20.2 Å². The molecule has 0 spiro atoms. The summed E-state index contributed by atoms with van der Waals surface area (Å²) in [5, 5.41) is 16.8. The van der Waals surface area contributed by atoms with Crippen LogP contribution in [0.5, 0.6) is 0 Å². The van der Waals surface area contributed by atoms with Gasteiger partial charge in [0.2, 0.25) is 0 Å². The molecule has 1 N–H and O–H groups in total. The molecule has 102 valence electrons. The van der Waals surface area contributed by atoms with Crippen molar-refractivity contribution in [1.29, 1.82) is 0 Å². The van der Waals surface area contributed by atoms with Crippen LogP contribution in [0.2, 0.25) is 0 Å². The first-order valence-corrected chi connectivity index (χ1v) is 7.74. The molecule has 0 aliphatic carbocycles. The van der Waals surface area contributed by atoms with E-state index in [0.29, 0.717) is 0 Å². The van der Waals surface area contributed by atoms with E-state index in [9.17, 15) is 0 Å². The van der Waals surface area contributed by atoms with E-state index in [1.54, 1.807) is 22.3 Å². The monoisotopic (exact) mass is 349 g/mol. The molecule has 0 aliphatic rings. The fraction of sp³-hybridized carbons (Fsp3) is 0.154. The lowest BCUT2D eigenvalue weighted by atomic mass is 10.2. The number of thiophene rings is 1. The van der Waals surface area contributed by atoms with Crippen LogP contribution < -0.4 is 5.32 Å². The Morgan fingerprint density at radius 2 is 2.25 bits per heavy atom. The number of rotatable bonds is 4. The number of aromatic nitrogens is 4.